The molecule has 1 aliphatic heterocycles. The molecule has 0 aromatic heterocycles. The molecule has 5 heteroatoms. The van der Waals surface area contributed by atoms with Crippen LogP contribution in [-0.2, 0) is 4.74 Å². The largest absolute Gasteiger partial charge is 0.378 e. The average molecular weight is 239 g/mol. The molecule has 0 aliphatic carbocycles. The molecule has 2 rings (SSSR count). The minimum absolute atomic E-state index is 0.242. The van der Waals surface area contributed by atoms with Crippen LogP contribution in [0.2, 0.25) is 0 Å². The lowest BCUT2D eigenvalue weighted by atomic mass is 10.1. The van der Waals surface area contributed by atoms with Gasteiger partial charge < -0.3 is 21.1 Å². The number of hydrogen-bond donors (Lipinski definition) is 2. The Bertz CT molecular complexity index is 380. The van der Waals surface area contributed by atoms with Gasteiger partial charge in [-0.15, -0.1) is 0 Å². The standard InChI is InChI=1S/C12H18FN3O/c13-10-7-9(11(15)8-14)1-2-12(10)16-3-5-17-6-4-16/h1-2,7,11H,3-6,8,14-15H2/t11-/m0/s1. The Morgan fingerprint density at radius 1 is 1.35 bits per heavy atom. The van der Waals surface area contributed by atoms with Crippen LogP contribution in [0.15, 0.2) is 18.2 Å². The molecule has 4 N–H and O–H groups in total. The normalized spacial score (nSPS) is 18.2. The molecule has 0 amide bonds. The third-order valence-electron chi connectivity index (χ3n) is 3.01. The number of rotatable bonds is 3. The molecule has 1 aliphatic rings. The molecule has 4 nitrogen and oxygen atoms in total. The Hall–Kier alpha value is -1.17. The fraction of sp³-hybridized carbons (Fsp3) is 0.500. The second kappa shape index (κ2) is 5.44. The van der Waals surface area contributed by atoms with E-state index < -0.39 is 0 Å². The van der Waals surface area contributed by atoms with Crippen molar-refractivity contribution in [2.45, 2.75) is 6.04 Å². The molecule has 17 heavy (non-hydrogen) atoms. The van der Waals surface area contributed by atoms with E-state index >= 15 is 0 Å². The summed E-state index contributed by atoms with van der Waals surface area (Å²) in [5, 5.41) is 0. The summed E-state index contributed by atoms with van der Waals surface area (Å²) >= 11 is 0. The predicted octanol–water partition coefficient (Wildman–Crippen LogP) is 0.621. The molecule has 0 radical (unpaired) electrons. The maximum absolute atomic E-state index is 14.0. The lowest BCUT2D eigenvalue weighted by molar-refractivity contribution is 0.122. The quantitative estimate of drug-likeness (QED) is 0.811. The molecule has 1 atom stereocenters. The maximum Gasteiger partial charge on any atom is 0.146 e. The van der Waals surface area contributed by atoms with Gasteiger partial charge in [-0.1, -0.05) is 6.07 Å². The second-order valence-corrected chi connectivity index (χ2v) is 4.15. The molecule has 1 aromatic rings. The van der Waals surface area contributed by atoms with Crippen LogP contribution < -0.4 is 16.4 Å². The Balaban J connectivity index is 2.18. The summed E-state index contributed by atoms with van der Waals surface area (Å²) in [5.74, 6) is -0.242. The van der Waals surface area contributed by atoms with E-state index in [1.165, 1.54) is 6.07 Å². The number of benzene rings is 1. The van der Waals surface area contributed by atoms with Gasteiger partial charge in [0.05, 0.1) is 18.9 Å². The molecule has 1 aromatic carbocycles. The Morgan fingerprint density at radius 2 is 2.06 bits per heavy atom. The average Bonchev–Trinajstić information content (AvgIpc) is 2.38. The molecule has 0 saturated carbocycles. The number of hydrogen-bond acceptors (Lipinski definition) is 4. The number of halogens is 1. The molecule has 1 saturated heterocycles. The Labute approximate surface area is 100 Å². The van der Waals surface area contributed by atoms with E-state index in [9.17, 15) is 4.39 Å². The summed E-state index contributed by atoms with van der Waals surface area (Å²) in [6, 6.07) is 4.78. The minimum atomic E-state index is -0.303. The van der Waals surface area contributed by atoms with Gasteiger partial charge in [-0.05, 0) is 17.7 Å². The SMILES string of the molecule is NC[C@H](N)c1ccc(N2CCOCC2)c(F)c1. The summed E-state index contributed by atoms with van der Waals surface area (Å²) in [4.78, 5) is 1.98. The summed E-state index contributed by atoms with van der Waals surface area (Å²) in [6.07, 6.45) is 0. The van der Waals surface area contributed by atoms with Crippen LogP contribution in [0.5, 0.6) is 0 Å². The van der Waals surface area contributed by atoms with E-state index in [4.69, 9.17) is 16.2 Å². The van der Waals surface area contributed by atoms with Crippen LogP contribution >= 0.6 is 0 Å². The van der Waals surface area contributed by atoms with Crippen molar-refractivity contribution in [3.63, 3.8) is 0 Å². The molecule has 94 valence electrons. The summed E-state index contributed by atoms with van der Waals surface area (Å²) in [7, 11) is 0. The third-order valence-corrected chi connectivity index (χ3v) is 3.01. The van der Waals surface area contributed by atoms with Gasteiger partial charge in [0.1, 0.15) is 5.82 Å². The van der Waals surface area contributed by atoms with Crippen molar-refractivity contribution in [2.24, 2.45) is 11.5 Å². The maximum atomic E-state index is 14.0. The fourth-order valence-electron chi connectivity index (χ4n) is 1.95. The van der Waals surface area contributed by atoms with Gasteiger partial charge in [0.15, 0.2) is 0 Å². The van der Waals surface area contributed by atoms with Crippen LogP contribution in [0.25, 0.3) is 0 Å². The van der Waals surface area contributed by atoms with Crippen molar-refractivity contribution in [2.75, 3.05) is 37.7 Å². The lowest BCUT2D eigenvalue weighted by Crippen LogP contribution is -2.36. The first kappa shape index (κ1) is 12.3. The number of nitrogens with zero attached hydrogens (tertiary/aromatic N) is 1. The van der Waals surface area contributed by atoms with E-state index in [1.807, 2.05) is 11.0 Å². The Morgan fingerprint density at radius 3 is 2.65 bits per heavy atom. The molecule has 1 fully saturated rings. The van der Waals surface area contributed by atoms with Crippen LogP contribution in [0, 0.1) is 5.82 Å². The Kier molecular flexibility index (Phi) is 3.93. The first-order chi connectivity index (χ1) is 8.22. The van der Waals surface area contributed by atoms with Crippen molar-refractivity contribution in [1.82, 2.24) is 0 Å². The second-order valence-electron chi connectivity index (χ2n) is 4.15. The van der Waals surface area contributed by atoms with Crippen LogP contribution in [0.1, 0.15) is 11.6 Å². The van der Waals surface area contributed by atoms with Crippen LogP contribution in [0.3, 0.4) is 0 Å². The van der Waals surface area contributed by atoms with Crippen molar-refractivity contribution in [1.29, 1.82) is 0 Å². The van der Waals surface area contributed by atoms with Crippen molar-refractivity contribution in [3.8, 4) is 0 Å². The first-order valence-corrected chi connectivity index (χ1v) is 5.80. The van der Waals surface area contributed by atoms with Crippen molar-refractivity contribution < 1.29 is 9.13 Å². The molecule has 1 heterocycles. The van der Waals surface area contributed by atoms with Crippen molar-refractivity contribution >= 4 is 5.69 Å². The molecule has 0 spiro atoms. The van der Waals surface area contributed by atoms with Gasteiger partial charge in [-0.25, -0.2) is 4.39 Å². The highest BCUT2D eigenvalue weighted by atomic mass is 19.1. The predicted molar refractivity (Wildman–Crippen MR) is 65.4 cm³/mol. The zero-order valence-corrected chi connectivity index (χ0v) is 9.73. The molecular formula is C12H18FN3O. The van der Waals surface area contributed by atoms with Gasteiger partial charge in [-0.2, -0.15) is 0 Å². The molecule has 0 bridgehead atoms. The number of nitrogens with two attached hydrogens (primary N) is 2. The van der Waals surface area contributed by atoms with Crippen LogP contribution in [-0.4, -0.2) is 32.8 Å². The number of morpholine rings is 1. The summed E-state index contributed by atoms with van der Waals surface area (Å²) in [6.45, 7) is 3.04. The van der Waals surface area contributed by atoms with E-state index in [0.717, 1.165) is 18.7 Å². The monoisotopic (exact) mass is 239 g/mol. The minimum Gasteiger partial charge on any atom is -0.378 e. The molecular weight excluding hydrogens is 221 g/mol. The summed E-state index contributed by atoms with van der Waals surface area (Å²) < 4.78 is 19.2. The van der Waals surface area contributed by atoms with E-state index in [2.05, 4.69) is 0 Å². The summed E-state index contributed by atoms with van der Waals surface area (Å²) in [5.41, 5.74) is 12.6. The van der Waals surface area contributed by atoms with E-state index in [1.54, 1.807) is 6.07 Å². The van der Waals surface area contributed by atoms with Crippen LogP contribution in [0.4, 0.5) is 10.1 Å². The van der Waals surface area contributed by atoms with Gasteiger partial charge in [0.2, 0.25) is 0 Å². The zero-order valence-electron chi connectivity index (χ0n) is 9.73. The third kappa shape index (κ3) is 2.74. The first-order valence-electron chi connectivity index (χ1n) is 5.80. The van der Waals surface area contributed by atoms with E-state index in [0.29, 0.717) is 25.4 Å². The lowest BCUT2D eigenvalue weighted by Gasteiger charge is -2.29. The smallest absolute Gasteiger partial charge is 0.146 e. The number of anilines is 1. The fourth-order valence-corrected chi connectivity index (χ4v) is 1.95. The van der Waals surface area contributed by atoms with Gasteiger partial charge in [0.25, 0.3) is 0 Å². The van der Waals surface area contributed by atoms with Gasteiger partial charge in [-0.3, -0.25) is 0 Å². The highest BCUT2D eigenvalue weighted by molar-refractivity contribution is 5.50. The number of ether oxygens (including phenoxy) is 1. The topological polar surface area (TPSA) is 64.5 Å². The van der Waals surface area contributed by atoms with Crippen molar-refractivity contribution in [3.05, 3.63) is 29.6 Å². The van der Waals surface area contributed by atoms with Gasteiger partial charge >= 0.3 is 0 Å². The van der Waals surface area contributed by atoms with E-state index in [-0.39, 0.29) is 11.9 Å². The van der Waals surface area contributed by atoms with Gasteiger partial charge in [0, 0.05) is 25.7 Å². The highest BCUT2D eigenvalue weighted by Crippen LogP contribution is 2.23. The highest BCUT2D eigenvalue weighted by Gasteiger charge is 2.16. The molecule has 0 unspecified atom stereocenters. The zero-order chi connectivity index (χ0) is 12.3.